The number of aromatic nitrogens is 2. The van der Waals surface area contributed by atoms with Gasteiger partial charge >= 0.3 is 0 Å². The first-order valence-corrected chi connectivity index (χ1v) is 7.23. The van der Waals surface area contributed by atoms with Crippen molar-refractivity contribution in [3.8, 4) is 17.0 Å². The average molecular weight is 280 g/mol. The van der Waals surface area contributed by atoms with Crippen LogP contribution in [0.25, 0.3) is 27.0 Å². The minimum absolute atomic E-state index is 0.883. The van der Waals surface area contributed by atoms with Crippen molar-refractivity contribution in [3.05, 3.63) is 54.2 Å². The van der Waals surface area contributed by atoms with Crippen molar-refractivity contribution in [3.63, 3.8) is 0 Å². The maximum absolute atomic E-state index is 5.64. The number of nitrogens with zero attached hydrogens (tertiary/aromatic N) is 2. The van der Waals surface area contributed by atoms with Crippen molar-refractivity contribution in [2.75, 3.05) is 7.11 Å². The first-order chi connectivity index (χ1) is 9.86. The van der Waals surface area contributed by atoms with Gasteiger partial charge in [-0.25, -0.2) is 4.98 Å². The highest BCUT2D eigenvalue weighted by atomic mass is 32.1. The molecule has 98 valence electrons. The summed E-state index contributed by atoms with van der Waals surface area (Å²) in [6, 6.07) is 12.4. The normalized spacial score (nSPS) is 11.2. The lowest BCUT2D eigenvalue weighted by molar-refractivity contribution is 0.421. The van der Waals surface area contributed by atoms with E-state index in [0.29, 0.717) is 0 Å². The number of hydrogen-bond acceptors (Lipinski definition) is 3. The van der Waals surface area contributed by atoms with E-state index >= 15 is 0 Å². The zero-order chi connectivity index (χ0) is 13.5. The second kappa shape index (κ2) is 4.35. The minimum Gasteiger partial charge on any atom is -0.495 e. The molecule has 2 aromatic heterocycles. The van der Waals surface area contributed by atoms with E-state index < -0.39 is 0 Å². The fraction of sp³-hybridized carbons (Fsp3) is 0.0625. The van der Waals surface area contributed by atoms with E-state index in [9.17, 15) is 0 Å². The molecule has 2 heterocycles. The highest BCUT2D eigenvalue weighted by Crippen LogP contribution is 2.36. The summed E-state index contributed by atoms with van der Waals surface area (Å²) in [5.41, 5.74) is 1.97. The molecule has 0 fully saturated rings. The molecule has 0 saturated heterocycles. The lowest BCUT2D eigenvalue weighted by atomic mass is 10.0. The summed E-state index contributed by atoms with van der Waals surface area (Å²) >= 11 is 1.63. The van der Waals surface area contributed by atoms with Crippen LogP contribution >= 0.6 is 11.3 Å². The second-order valence-electron chi connectivity index (χ2n) is 4.59. The van der Waals surface area contributed by atoms with E-state index in [-0.39, 0.29) is 0 Å². The third-order valence-corrected chi connectivity index (χ3v) is 4.22. The van der Waals surface area contributed by atoms with E-state index in [1.807, 2.05) is 34.3 Å². The van der Waals surface area contributed by atoms with Crippen LogP contribution in [0.2, 0.25) is 0 Å². The average Bonchev–Trinajstić information content (AvgIpc) is 3.07. The molecule has 0 aliphatic carbocycles. The van der Waals surface area contributed by atoms with E-state index in [0.717, 1.165) is 27.4 Å². The van der Waals surface area contributed by atoms with Gasteiger partial charge in [0, 0.05) is 28.7 Å². The molecular formula is C16H12N2OS. The van der Waals surface area contributed by atoms with Crippen molar-refractivity contribution in [1.82, 2.24) is 9.38 Å². The summed E-state index contributed by atoms with van der Waals surface area (Å²) in [7, 11) is 1.71. The first-order valence-electron chi connectivity index (χ1n) is 6.35. The fourth-order valence-electron chi connectivity index (χ4n) is 2.52. The summed E-state index contributed by atoms with van der Waals surface area (Å²) in [5.74, 6) is 0.883. The second-order valence-corrected chi connectivity index (χ2v) is 5.46. The highest BCUT2D eigenvalue weighted by molar-refractivity contribution is 7.15. The Morgan fingerprint density at radius 2 is 2.05 bits per heavy atom. The van der Waals surface area contributed by atoms with Crippen LogP contribution < -0.4 is 4.74 Å². The van der Waals surface area contributed by atoms with Crippen LogP contribution in [-0.4, -0.2) is 16.5 Å². The molecule has 0 aliphatic heterocycles. The van der Waals surface area contributed by atoms with Gasteiger partial charge in [0.15, 0.2) is 4.96 Å². The van der Waals surface area contributed by atoms with Gasteiger partial charge < -0.3 is 4.74 Å². The Balaban J connectivity index is 2.01. The molecule has 4 aromatic rings. The summed E-state index contributed by atoms with van der Waals surface area (Å²) in [6.07, 6.45) is 4.06. The van der Waals surface area contributed by atoms with Crippen LogP contribution in [0.5, 0.6) is 5.75 Å². The number of benzene rings is 2. The summed E-state index contributed by atoms with van der Waals surface area (Å²) in [4.78, 5) is 5.66. The molecule has 4 rings (SSSR count). The molecule has 0 bridgehead atoms. The molecular weight excluding hydrogens is 268 g/mol. The minimum atomic E-state index is 0.883. The number of methoxy groups -OCH3 is 1. The zero-order valence-electron chi connectivity index (χ0n) is 10.9. The van der Waals surface area contributed by atoms with Crippen molar-refractivity contribution in [2.24, 2.45) is 0 Å². The van der Waals surface area contributed by atoms with Crippen molar-refractivity contribution >= 4 is 27.1 Å². The molecule has 0 aliphatic rings. The number of imidazole rings is 1. The van der Waals surface area contributed by atoms with E-state index in [2.05, 4.69) is 29.2 Å². The van der Waals surface area contributed by atoms with Crippen LogP contribution in [0.4, 0.5) is 0 Å². The standard InChI is InChI=1S/C16H12N2OS/c1-19-15-12-5-3-2-4-11(12)6-7-13(15)14-10-18-8-9-20-16(18)17-14/h2-10H,1H3. The predicted octanol–water partition coefficient (Wildman–Crippen LogP) is 4.22. The van der Waals surface area contributed by atoms with Gasteiger partial charge in [0.2, 0.25) is 0 Å². The quantitative estimate of drug-likeness (QED) is 0.549. The van der Waals surface area contributed by atoms with Gasteiger partial charge in [0.25, 0.3) is 0 Å². The molecule has 0 radical (unpaired) electrons. The number of thiazole rings is 1. The zero-order valence-corrected chi connectivity index (χ0v) is 11.7. The smallest absolute Gasteiger partial charge is 0.194 e. The molecule has 3 nitrogen and oxygen atoms in total. The number of rotatable bonds is 2. The number of fused-ring (bicyclic) bond motifs is 2. The van der Waals surface area contributed by atoms with E-state index in [4.69, 9.17) is 4.74 Å². The summed E-state index contributed by atoms with van der Waals surface area (Å²) < 4.78 is 7.68. The van der Waals surface area contributed by atoms with E-state index in [1.165, 1.54) is 5.39 Å². The molecule has 4 heteroatoms. The molecule has 0 N–H and O–H groups in total. The lowest BCUT2D eigenvalue weighted by Crippen LogP contribution is -1.90. The Bertz CT molecular complexity index is 879. The Labute approximate surface area is 120 Å². The van der Waals surface area contributed by atoms with Crippen molar-refractivity contribution in [1.29, 1.82) is 0 Å². The van der Waals surface area contributed by atoms with Gasteiger partial charge in [-0.05, 0) is 11.5 Å². The molecule has 0 amide bonds. The van der Waals surface area contributed by atoms with Crippen molar-refractivity contribution in [2.45, 2.75) is 0 Å². The third kappa shape index (κ3) is 1.62. The van der Waals surface area contributed by atoms with Crippen molar-refractivity contribution < 1.29 is 4.74 Å². The molecule has 0 saturated carbocycles. The van der Waals surface area contributed by atoms with Crippen LogP contribution in [-0.2, 0) is 0 Å². The largest absolute Gasteiger partial charge is 0.495 e. The number of ether oxygens (including phenoxy) is 1. The molecule has 2 aromatic carbocycles. The van der Waals surface area contributed by atoms with E-state index in [1.54, 1.807) is 18.4 Å². The molecule has 20 heavy (non-hydrogen) atoms. The predicted molar refractivity (Wildman–Crippen MR) is 82.6 cm³/mol. The summed E-state index contributed by atoms with van der Waals surface area (Å²) in [6.45, 7) is 0. The van der Waals surface area contributed by atoms with Crippen LogP contribution in [0.3, 0.4) is 0 Å². The van der Waals surface area contributed by atoms with Gasteiger partial charge in [-0.1, -0.05) is 30.3 Å². The maximum Gasteiger partial charge on any atom is 0.194 e. The molecule has 0 unspecified atom stereocenters. The Kier molecular flexibility index (Phi) is 2.50. The van der Waals surface area contributed by atoms with Gasteiger partial charge in [0.1, 0.15) is 5.75 Å². The molecule has 0 spiro atoms. The van der Waals surface area contributed by atoms with Crippen LogP contribution in [0.15, 0.2) is 54.2 Å². The Morgan fingerprint density at radius 1 is 1.15 bits per heavy atom. The van der Waals surface area contributed by atoms with Crippen LogP contribution in [0.1, 0.15) is 0 Å². The lowest BCUT2D eigenvalue weighted by Gasteiger charge is -2.10. The SMILES string of the molecule is COc1c(-c2cn3ccsc3n2)ccc2ccccc12. The molecule has 0 atom stereocenters. The Morgan fingerprint density at radius 3 is 2.90 bits per heavy atom. The van der Waals surface area contributed by atoms with Gasteiger partial charge in [-0.3, -0.25) is 4.40 Å². The van der Waals surface area contributed by atoms with Gasteiger partial charge in [0.05, 0.1) is 12.8 Å². The van der Waals surface area contributed by atoms with Gasteiger partial charge in [-0.2, -0.15) is 0 Å². The number of hydrogen-bond donors (Lipinski definition) is 0. The topological polar surface area (TPSA) is 26.5 Å². The monoisotopic (exact) mass is 280 g/mol. The Hall–Kier alpha value is -2.33. The van der Waals surface area contributed by atoms with Crippen LogP contribution in [0, 0.1) is 0 Å². The van der Waals surface area contributed by atoms with Gasteiger partial charge in [-0.15, -0.1) is 11.3 Å². The fourth-order valence-corrected chi connectivity index (χ4v) is 3.22. The third-order valence-electron chi connectivity index (χ3n) is 3.45. The summed E-state index contributed by atoms with van der Waals surface area (Å²) in [5, 5.41) is 4.32. The highest BCUT2D eigenvalue weighted by Gasteiger charge is 2.13. The maximum atomic E-state index is 5.64. The first kappa shape index (κ1) is 11.5.